The summed E-state index contributed by atoms with van der Waals surface area (Å²) in [6.07, 6.45) is 5.30. The van der Waals surface area contributed by atoms with Gasteiger partial charge < -0.3 is 15.5 Å². The molecule has 0 bridgehead atoms. The van der Waals surface area contributed by atoms with E-state index in [4.69, 9.17) is 0 Å². The van der Waals surface area contributed by atoms with Crippen molar-refractivity contribution >= 4 is 5.96 Å². The van der Waals surface area contributed by atoms with Gasteiger partial charge in [-0.1, -0.05) is 30.7 Å². The predicted molar refractivity (Wildman–Crippen MR) is 92.5 cm³/mol. The zero-order valence-corrected chi connectivity index (χ0v) is 13.6. The number of aliphatic imine (C=N–C) groups is 1. The lowest BCUT2D eigenvalue weighted by atomic mass is 9.78. The summed E-state index contributed by atoms with van der Waals surface area (Å²) in [6, 6.07) is 8.75. The smallest absolute Gasteiger partial charge is 0.191 e. The van der Waals surface area contributed by atoms with Crippen LogP contribution in [0.3, 0.4) is 0 Å². The number of fused-ring (bicyclic) bond motifs is 1. The molecule has 3 rings (SSSR count). The molecule has 1 unspecified atom stereocenters. The van der Waals surface area contributed by atoms with Crippen molar-refractivity contribution in [3.8, 4) is 0 Å². The topological polar surface area (TPSA) is 39.7 Å². The van der Waals surface area contributed by atoms with Crippen LogP contribution in [0.2, 0.25) is 0 Å². The van der Waals surface area contributed by atoms with Crippen LogP contribution in [-0.2, 0) is 6.42 Å². The second-order valence-corrected chi connectivity index (χ2v) is 6.38. The number of rotatable bonds is 5. The summed E-state index contributed by atoms with van der Waals surface area (Å²) in [6.45, 7) is 5.58. The molecule has 1 fully saturated rings. The molecule has 1 saturated heterocycles. The minimum atomic E-state index is 0.636. The largest absolute Gasteiger partial charge is 0.356 e. The summed E-state index contributed by atoms with van der Waals surface area (Å²) >= 11 is 0. The third-order valence-electron chi connectivity index (χ3n) is 4.87. The highest BCUT2D eigenvalue weighted by molar-refractivity contribution is 5.79. The van der Waals surface area contributed by atoms with E-state index in [2.05, 4.69) is 44.8 Å². The lowest BCUT2D eigenvalue weighted by molar-refractivity contribution is 0.232. The molecule has 22 heavy (non-hydrogen) atoms. The Balaban J connectivity index is 1.36. The Morgan fingerprint density at radius 2 is 2.00 bits per heavy atom. The maximum absolute atomic E-state index is 4.33. The Labute approximate surface area is 134 Å². The van der Waals surface area contributed by atoms with Gasteiger partial charge in [-0.25, -0.2) is 0 Å². The second kappa shape index (κ2) is 7.63. The molecule has 4 nitrogen and oxygen atoms in total. The molecule has 2 N–H and O–H groups in total. The van der Waals surface area contributed by atoms with Crippen molar-refractivity contribution in [1.29, 1.82) is 0 Å². The fourth-order valence-corrected chi connectivity index (χ4v) is 3.50. The van der Waals surface area contributed by atoms with Crippen molar-refractivity contribution in [2.24, 2.45) is 4.99 Å². The van der Waals surface area contributed by atoms with Gasteiger partial charge in [0.1, 0.15) is 0 Å². The van der Waals surface area contributed by atoms with E-state index >= 15 is 0 Å². The number of piperidine rings is 1. The fourth-order valence-electron chi connectivity index (χ4n) is 3.50. The zero-order chi connectivity index (χ0) is 15.2. The highest BCUT2D eigenvalue weighted by atomic mass is 15.2. The van der Waals surface area contributed by atoms with Crippen molar-refractivity contribution < 1.29 is 0 Å². The molecule has 0 spiro atoms. The number of hydrogen-bond donors (Lipinski definition) is 2. The minimum Gasteiger partial charge on any atom is -0.356 e. The Bertz CT molecular complexity index is 506. The molecule has 0 saturated carbocycles. The Morgan fingerprint density at radius 3 is 2.77 bits per heavy atom. The average molecular weight is 300 g/mol. The van der Waals surface area contributed by atoms with Gasteiger partial charge in [-0.05, 0) is 43.5 Å². The van der Waals surface area contributed by atoms with E-state index < -0.39 is 0 Å². The molecule has 1 aromatic carbocycles. The van der Waals surface area contributed by atoms with Crippen LogP contribution >= 0.6 is 0 Å². The van der Waals surface area contributed by atoms with Gasteiger partial charge in [0, 0.05) is 32.6 Å². The lowest BCUT2D eigenvalue weighted by Crippen LogP contribution is -2.44. The van der Waals surface area contributed by atoms with Crippen molar-refractivity contribution in [3.05, 3.63) is 35.4 Å². The third kappa shape index (κ3) is 3.80. The van der Waals surface area contributed by atoms with Crippen LogP contribution in [0, 0.1) is 0 Å². The molecule has 0 aromatic heterocycles. The van der Waals surface area contributed by atoms with Crippen LogP contribution in [0.5, 0.6) is 0 Å². The van der Waals surface area contributed by atoms with E-state index in [1.807, 2.05) is 7.05 Å². The molecule has 1 aliphatic heterocycles. The second-order valence-electron chi connectivity index (χ2n) is 6.38. The van der Waals surface area contributed by atoms with E-state index in [0.29, 0.717) is 5.92 Å². The Hall–Kier alpha value is -1.55. The molecular formula is C18H28N4. The SMILES string of the molecule is CN=C(NCCN1CCCCC1)NCC1Cc2ccccc21. The van der Waals surface area contributed by atoms with Gasteiger partial charge in [-0.3, -0.25) is 4.99 Å². The highest BCUT2D eigenvalue weighted by Gasteiger charge is 2.25. The number of hydrogen-bond acceptors (Lipinski definition) is 2. The lowest BCUT2D eigenvalue weighted by Gasteiger charge is -2.31. The van der Waals surface area contributed by atoms with Crippen LogP contribution in [0.15, 0.2) is 29.3 Å². The summed E-state index contributed by atoms with van der Waals surface area (Å²) in [5, 5.41) is 6.91. The van der Waals surface area contributed by atoms with E-state index in [-0.39, 0.29) is 0 Å². The van der Waals surface area contributed by atoms with Gasteiger partial charge in [0.2, 0.25) is 0 Å². The molecule has 1 heterocycles. The number of likely N-dealkylation sites (tertiary alicyclic amines) is 1. The maximum atomic E-state index is 4.33. The maximum Gasteiger partial charge on any atom is 0.191 e. The number of benzene rings is 1. The molecule has 2 aliphatic rings. The van der Waals surface area contributed by atoms with Crippen LogP contribution in [0.4, 0.5) is 0 Å². The van der Waals surface area contributed by atoms with Crippen LogP contribution in [0.1, 0.15) is 36.3 Å². The normalized spacial score (nSPS) is 21.9. The van der Waals surface area contributed by atoms with E-state index in [0.717, 1.165) is 25.6 Å². The third-order valence-corrected chi connectivity index (χ3v) is 4.87. The standard InChI is InChI=1S/C18H28N4/c1-19-18(20-9-12-22-10-5-2-6-11-22)21-14-16-13-15-7-3-4-8-17(15)16/h3-4,7-8,16H,2,5-6,9-14H2,1H3,(H2,19,20,21). The molecule has 0 amide bonds. The van der Waals surface area contributed by atoms with Gasteiger partial charge in [-0.15, -0.1) is 0 Å². The first-order chi connectivity index (χ1) is 10.9. The number of nitrogens with one attached hydrogen (secondary N) is 2. The first kappa shape index (κ1) is 15.3. The Morgan fingerprint density at radius 1 is 1.18 bits per heavy atom. The molecule has 1 atom stereocenters. The van der Waals surface area contributed by atoms with Crippen LogP contribution in [0.25, 0.3) is 0 Å². The quantitative estimate of drug-likeness (QED) is 0.645. The van der Waals surface area contributed by atoms with Crippen molar-refractivity contribution in [2.75, 3.05) is 39.8 Å². The van der Waals surface area contributed by atoms with Gasteiger partial charge in [0.05, 0.1) is 0 Å². The number of nitrogens with zero attached hydrogens (tertiary/aromatic N) is 2. The summed E-state index contributed by atoms with van der Waals surface area (Å²) in [5.74, 6) is 1.57. The van der Waals surface area contributed by atoms with E-state index in [1.54, 1.807) is 0 Å². The fraction of sp³-hybridized carbons (Fsp3) is 0.611. The predicted octanol–water partition coefficient (Wildman–Crippen LogP) is 1.98. The summed E-state index contributed by atoms with van der Waals surface area (Å²) in [5.41, 5.74) is 3.00. The minimum absolute atomic E-state index is 0.636. The Kier molecular flexibility index (Phi) is 5.33. The van der Waals surface area contributed by atoms with Crippen molar-refractivity contribution in [3.63, 3.8) is 0 Å². The number of guanidine groups is 1. The first-order valence-corrected chi connectivity index (χ1v) is 8.61. The molecule has 1 aliphatic carbocycles. The highest BCUT2D eigenvalue weighted by Crippen LogP contribution is 2.33. The molecule has 4 heteroatoms. The van der Waals surface area contributed by atoms with Gasteiger partial charge in [0.25, 0.3) is 0 Å². The van der Waals surface area contributed by atoms with Crippen molar-refractivity contribution in [1.82, 2.24) is 15.5 Å². The summed E-state index contributed by atoms with van der Waals surface area (Å²) < 4.78 is 0. The van der Waals surface area contributed by atoms with E-state index in [9.17, 15) is 0 Å². The summed E-state index contributed by atoms with van der Waals surface area (Å²) in [7, 11) is 1.85. The van der Waals surface area contributed by atoms with E-state index in [1.165, 1.54) is 49.9 Å². The zero-order valence-electron chi connectivity index (χ0n) is 13.6. The van der Waals surface area contributed by atoms with Crippen LogP contribution in [-0.4, -0.2) is 50.6 Å². The molecule has 1 aromatic rings. The first-order valence-electron chi connectivity index (χ1n) is 8.61. The molecule has 0 radical (unpaired) electrons. The average Bonchev–Trinajstić information content (AvgIpc) is 2.55. The van der Waals surface area contributed by atoms with Gasteiger partial charge in [0.15, 0.2) is 5.96 Å². The molecular weight excluding hydrogens is 272 g/mol. The van der Waals surface area contributed by atoms with Gasteiger partial charge >= 0.3 is 0 Å². The van der Waals surface area contributed by atoms with Crippen molar-refractivity contribution in [2.45, 2.75) is 31.6 Å². The molecule has 120 valence electrons. The monoisotopic (exact) mass is 300 g/mol. The van der Waals surface area contributed by atoms with Gasteiger partial charge in [-0.2, -0.15) is 0 Å². The van der Waals surface area contributed by atoms with Crippen LogP contribution < -0.4 is 10.6 Å². The summed E-state index contributed by atoms with van der Waals surface area (Å²) in [4.78, 5) is 6.88.